The van der Waals surface area contributed by atoms with Gasteiger partial charge in [0.15, 0.2) is 0 Å². The standard InChI is InChI=1S/C24H39NO4S/c1-6-7-14-28-23-17-20(2)24(21(3)18-23)29-15-12-10-8-9-11-13-16-30(26)19-22(4)25-27-5/h6-7,17-18H,8-16,19H2,1-5H3/b7-6+,25-22+. The third kappa shape index (κ3) is 11.4. The van der Waals surface area contributed by atoms with Crippen LogP contribution in [0.3, 0.4) is 0 Å². The third-order valence-corrected chi connectivity index (χ3v) is 6.13. The van der Waals surface area contributed by atoms with Gasteiger partial charge in [-0.3, -0.25) is 4.21 Å². The zero-order chi connectivity index (χ0) is 22.2. The van der Waals surface area contributed by atoms with Crippen LogP contribution in [0.2, 0.25) is 0 Å². The van der Waals surface area contributed by atoms with Gasteiger partial charge in [0.2, 0.25) is 0 Å². The molecule has 1 aromatic rings. The molecule has 6 heteroatoms. The summed E-state index contributed by atoms with van der Waals surface area (Å²) < 4.78 is 23.7. The minimum atomic E-state index is -0.835. The first-order valence-electron chi connectivity index (χ1n) is 10.9. The van der Waals surface area contributed by atoms with Crippen LogP contribution in [0.1, 0.15) is 63.5 Å². The number of ether oxygens (including phenoxy) is 2. The SMILES string of the molecule is C/C=C/COc1cc(C)c(OCCCCCCCCS(=O)C/C(C)=N/OC)c(C)c1. The van der Waals surface area contributed by atoms with E-state index in [1.807, 2.05) is 38.1 Å². The molecule has 1 aromatic carbocycles. The summed E-state index contributed by atoms with van der Waals surface area (Å²) >= 11 is 0. The third-order valence-electron chi connectivity index (χ3n) is 4.65. The van der Waals surface area contributed by atoms with Gasteiger partial charge in [-0.1, -0.05) is 43.0 Å². The van der Waals surface area contributed by atoms with E-state index in [9.17, 15) is 4.21 Å². The van der Waals surface area contributed by atoms with E-state index >= 15 is 0 Å². The second-order valence-electron chi connectivity index (χ2n) is 7.53. The van der Waals surface area contributed by atoms with Crippen LogP contribution in [-0.4, -0.2) is 41.7 Å². The summed E-state index contributed by atoms with van der Waals surface area (Å²) in [6, 6.07) is 4.08. The van der Waals surface area contributed by atoms with Crippen LogP contribution in [0.25, 0.3) is 0 Å². The molecule has 30 heavy (non-hydrogen) atoms. The molecule has 0 N–H and O–H groups in total. The summed E-state index contributed by atoms with van der Waals surface area (Å²) in [5.74, 6) is 3.11. The number of aryl methyl sites for hydroxylation is 2. The fraction of sp³-hybridized carbons (Fsp3) is 0.625. The van der Waals surface area contributed by atoms with Crippen molar-refractivity contribution in [3.63, 3.8) is 0 Å². The van der Waals surface area contributed by atoms with Crippen LogP contribution in [-0.2, 0) is 15.6 Å². The molecule has 0 aliphatic rings. The lowest BCUT2D eigenvalue weighted by Gasteiger charge is -2.14. The van der Waals surface area contributed by atoms with Gasteiger partial charge in [0.25, 0.3) is 0 Å². The van der Waals surface area contributed by atoms with Crippen LogP contribution < -0.4 is 9.47 Å². The van der Waals surface area contributed by atoms with Gasteiger partial charge in [0.05, 0.1) is 18.1 Å². The second-order valence-corrected chi connectivity index (χ2v) is 9.11. The van der Waals surface area contributed by atoms with E-state index in [-0.39, 0.29) is 0 Å². The lowest BCUT2D eigenvalue weighted by Crippen LogP contribution is -2.10. The van der Waals surface area contributed by atoms with E-state index in [4.69, 9.17) is 14.3 Å². The maximum absolute atomic E-state index is 11.9. The molecule has 0 radical (unpaired) electrons. The Labute approximate surface area is 185 Å². The summed E-state index contributed by atoms with van der Waals surface area (Å²) in [7, 11) is 0.677. The molecule has 170 valence electrons. The molecule has 0 heterocycles. The Morgan fingerprint density at radius 2 is 1.67 bits per heavy atom. The first-order valence-corrected chi connectivity index (χ1v) is 12.4. The smallest absolute Gasteiger partial charge is 0.125 e. The lowest BCUT2D eigenvalue weighted by molar-refractivity contribution is 0.213. The molecule has 0 aromatic heterocycles. The predicted molar refractivity (Wildman–Crippen MR) is 127 cm³/mol. The molecule has 1 rings (SSSR count). The summed E-state index contributed by atoms with van der Waals surface area (Å²) in [5, 5.41) is 3.81. The molecule has 0 amide bonds. The fourth-order valence-corrected chi connectivity index (χ4v) is 4.39. The van der Waals surface area contributed by atoms with Crippen LogP contribution >= 0.6 is 0 Å². The molecule has 1 atom stereocenters. The Kier molecular flexibility index (Phi) is 13.9. The summed E-state index contributed by atoms with van der Waals surface area (Å²) in [4.78, 5) is 4.69. The first kappa shape index (κ1) is 26.2. The minimum Gasteiger partial charge on any atom is -0.493 e. The molecule has 0 aliphatic heterocycles. The quantitative estimate of drug-likeness (QED) is 0.143. The molecule has 0 saturated heterocycles. The zero-order valence-electron chi connectivity index (χ0n) is 19.4. The van der Waals surface area contributed by atoms with E-state index in [2.05, 4.69) is 19.0 Å². The highest BCUT2D eigenvalue weighted by molar-refractivity contribution is 7.85. The zero-order valence-corrected chi connectivity index (χ0v) is 20.2. The van der Waals surface area contributed by atoms with Gasteiger partial charge in [-0.15, -0.1) is 0 Å². The first-order chi connectivity index (χ1) is 14.5. The molecule has 5 nitrogen and oxygen atoms in total. The van der Waals surface area contributed by atoms with Crippen LogP contribution in [0, 0.1) is 13.8 Å². The summed E-state index contributed by atoms with van der Waals surface area (Å²) in [5.41, 5.74) is 3.02. The maximum atomic E-state index is 11.9. The van der Waals surface area contributed by atoms with Crippen molar-refractivity contribution in [3.05, 3.63) is 35.4 Å². The van der Waals surface area contributed by atoms with Crippen LogP contribution in [0.15, 0.2) is 29.4 Å². The normalized spacial score (nSPS) is 12.9. The van der Waals surface area contributed by atoms with E-state index in [1.54, 1.807) is 0 Å². The maximum Gasteiger partial charge on any atom is 0.125 e. The van der Waals surface area contributed by atoms with Crippen LogP contribution in [0.4, 0.5) is 0 Å². The average Bonchev–Trinajstić information content (AvgIpc) is 2.68. The summed E-state index contributed by atoms with van der Waals surface area (Å²) in [6.07, 6.45) is 10.7. The van der Waals surface area contributed by atoms with E-state index in [0.29, 0.717) is 12.4 Å². The van der Waals surface area contributed by atoms with Gasteiger partial charge in [0.1, 0.15) is 25.2 Å². The number of nitrogens with zero attached hydrogens (tertiary/aromatic N) is 1. The van der Waals surface area contributed by atoms with E-state index < -0.39 is 10.8 Å². The van der Waals surface area contributed by atoms with Crippen molar-refractivity contribution in [1.82, 2.24) is 0 Å². The molecular formula is C24H39NO4S. The summed E-state index contributed by atoms with van der Waals surface area (Å²) in [6.45, 7) is 9.30. The van der Waals surface area contributed by atoms with Gasteiger partial charge in [-0.2, -0.15) is 0 Å². The Morgan fingerprint density at radius 3 is 2.30 bits per heavy atom. The number of rotatable bonds is 16. The highest BCUT2D eigenvalue weighted by Crippen LogP contribution is 2.28. The number of hydrogen-bond donors (Lipinski definition) is 0. The fourth-order valence-electron chi connectivity index (χ4n) is 3.20. The molecule has 1 unspecified atom stereocenters. The van der Waals surface area contributed by atoms with Crippen molar-refractivity contribution in [3.8, 4) is 11.5 Å². The number of allylic oxidation sites excluding steroid dienone is 1. The Balaban J connectivity index is 2.15. The van der Waals surface area contributed by atoms with Crippen molar-refractivity contribution in [2.24, 2.45) is 5.16 Å². The van der Waals surface area contributed by atoms with Crippen molar-refractivity contribution in [2.45, 2.75) is 66.2 Å². The van der Waals surface area contributed by atoms with Crippen molar-refractivity contribution in [1.29, 1.82) is 0 Å². The molecule has 0 spiro atoms. The Hall–Kier alpha value is -1.82. The highest BCUT2D eigenvalue weighted by atomic mass is 32.2. The number of oxime groups is 1. The van der Waals surface area contributed by atoms with E-state index in [1.165, 1.54) is 20.0 Å². The second kappa shape index (κ2) is 15.9. The van der Waals surface area contributed by atoms with Crippen molar-refractivity contribution < 1.29 is 18.5 Å². The van der Waals surface area contributed by atoms with Gasteiger partial charge < -0.3 is 14.3 Å². The molecule has 0 fully saturated rings. The number of benzene rings is 1. The van der Waals surface area contributed by atoms with Crippen molar-refractivity contribution in [2.75, 3.05) is 31.8 Å². The molecule has 0 saturated carbocycles. The monoisotopic (exact) mass is 437 g/mol. The Morgan fingerprint density at radius 1 is 1.03 bits per heavy atom. The van der Waals surface area contributed by atoms with Gasteiger partial charge in [-0.05, 0) is 63.8 Å². The Bertz CT molecular complexity index is 677. The van der Waals surface area contributed by atoms with Crippen molar-refractivity contribution >= 4 is 16.5 Å². The van der Waals surface area contributed by atoms with Gasteiger partial charge >= 0.3 is 0 Å². The number of unbranched alkanes of at least 4 members (excludes halogenated alkanes) is 5. The van der Waals surface area contributed by atoms with Crippen LogP contribution in [0.5, 0.6) is 11.5 Å². The molecule has 0 bridgehead atoms. The predicted octanol–water partition coefficient (Wildman–Crippen LogP) is 5.75. The lowest BCUT2D eigenvalue weighted by atomic mass is 10.1. The molecular weight excluding hydrogens is 398 g/mol. The highest BCUT2D eigenvalue weighted by Gasteiger charge is 2.07. The van der Waals surface area contributed by atoms with E-state index in [0.717, 1.165) is 66.4 Å². The van der Waals surface area contributed by atoms with Gasteiger partial charge in [-0.25, -0.2) is 0 Å². The largest absolute Gasteiger partial charge is 0.493 e. The minimum absolute atomic E-state index is 0.507. The topological polar surface area (TPSA) is 57.1 Å². The average molecular weight is 438 g/mol. The number of hydrogen-bond acceptors (Lipinski definition) is 5. The molecule has 0 aliphatic carbocycles. The van der Waals surface area contributed by atoms with Gasteiger partial charge in [0, 0.05) is 16.6 Å².